The predicted molar refractivity (Wildman–Crippen MR) is 135 cm³/mol. The van der Waals surface area contributed by atoms with Gasteiger partial charge in [-0.25, -0.2) is 9.18 Å². The topological polar surface area (TPSA) is 85.4 Å². The van der Waals surface area contributed by atoms with Crippen LogP contribution in [0.4, 0.5) is 10.3 Å². The molecular weight excluding hydrogens is 463 g/mol. The summed E-state index contributed by atoms with van der Waals surface area (Å²) in [5.74, 6) is -0.332. The summed E-state index contributed by atoms with van der Waals surface area (Å²) in [7, 11) is 3.06. The Hall–Kier alpha value is -4.21. The van der Waals surface area contributed by atoms with Gasteiger partial charge in [0.25, 0.3) is 11.5 Å². The van der Waals surface area contributed by atoms with Gasteiger partial charge in [-0.2, -0.15) is 4.98 Å². The monoisotopic (exact) mass is 490 g/mol. The van der Waals surface area contributed by atoms with Gasteiger partial charge in [-0.3, -0.25) is 23.3 Å². The van der Waals surface area contributed by atoms with E-state index in [2.05, 4.69) is 0 Å². The summed E-state index contributed by atoms with van der Waals surface area (Å²) in [6, 6.07) is 14.0. The van der Waals surface area contributed by atoms with Gasteiger partial charge >= 0.3 is 5.69 Å². The molecule has 3 heterocycles. The highest BCUT2D eigenvalue weighted by molar-refractivity contribution is 5.94. The number of carbonyl (C=O) groups is 1. The Morgan fingerprint density at radius 1 is 0.972 bits per heavy atom. The maximum atomic E-state index is 14.2. The molecule has 0 unspecified atom stereocenters. The molecule has 0 saturated carbocycles. The molecule has 10 heteroatoms. The normalized spacial score (nSPS) is 14.0. The van der Waals surface area contributed by atoms with Crippen molar-refractivity contribution >= 4 is 23.0 Å². The van der Waals surface area contributed by atoms with Gasteiger partial charge in [-0.05, 0) is 24.6 Å². The summed E-state index contributed by atoms with van der Waals surface area (Å²) in [6.07, 6.45) is 0. The molecule has 1 aliphatic rings. The molecule has 1 aliphatic heterocycles. The number of aromatic nitrogens is 4. The van der Waals surface area contributed by atoms with Crippen molar-refractivity contribution in [3.8, 4) is 0 Å². The third kappa shape index (κ3) is 3.98. The van der Waals surface area contributed by atoms with Crippen molar-refractivity contribution in [1.82, 2.24) is 23.6 Å². The van der Waals surface area contributed by atoms with Crippen LogP contribution in [0.2, 0.25) is 0 Å². The summed E-state index contributed by atoms with van der Waals surface area (Å²) in [5, 5.41) is 0. The first-order valence-corrected chi connectivity index (χ1v) is 11.8. The van der Waals surface area contributed by atoms with E-state index in [1.54, 1.807) is 24.1 Å². The number of rotatable bonds is 4. The Bertz CT molecular complexity index is 1590. The summed E-state index contributed by atoms with van der Waals surface area (Å²) in [6.45, 7) is 4.05. The third-order valence-electron chi connectivity index (χ3n) is 6.70. The number of amides is 1. The van der Waals surface area contributed by atoms with Crippen molar-refractivity contribution in [3.05, 3.63) is 91.9 Å². The number of anilines is 1. The molecule has 1 saturated heterocycles. The van der Waals surface area contributed by atoms with Gasteiger partial charge in [0, 0.05) is 40.3 Å². The number of piperazine rings is 1. The second-order valence-corrected chi connectivity index (χ2v) is 9.12. The van der Waals surface area contributed by atoms with Crippen molar-refractivity contribution in [3.63, 3.8) is 0 Å². The van der Waals surface area contributed by atoms with Crippen LogP contribution in [0.5, 0.6) is 0 Å². The maximum absolute atomic E-state index is 14.2. The Morgan fingerprint density at radius 3 is 2.39 bits per heavy atom. The molecular formula is C26H27FN6O3. The highest BCUT2D eigenvalue weighted by Crippen LogP contribution is 2.23. The van der Waals surface area contributed by atoms with E-state index in [1.165, 1.54) is 23.7 Å². The van der Waals surface area contributed by atoms with Crippen LogP contribution in [0, 0.1) is 12.7 Å². The number of hydrogen-bond acceptors (Lipinski definition) is 5. The molecule has 186 valence electrons. The van der Waals surface area contributed by atoms with Gasteiger partial charge < -0.3 is 9.80 Å². The molecule has 0 bridgehead atoms. The van der Waals surface area contributed by atoms with Gasteiger partial charge in [0.1, 0.15) is 5.82 Å². The van der Waals surface area contributed by atoms with E-state index in [1.807, 2.05) is 40.7 Å². The smallest absolute Gasteiger partial charge is 0.332 e. The summed E-state index contributed by atoms with van der Waals surface area (Å²) >= 11 is 0. The third-order valence-corrected chi connectivity index (χ3v) is 6.70. The highest BCUT2D eigenvalue weighted by Gasteiger charge is 2.28. The first-order chi connectivity index (χ1) is 17.3. The summed E-state index contributed by atoms with van der Waals surface area (Å²) in [5.41, 5.74) is 1.96. The predicted octanol–water partition coefficient (Wildman–Crippen LogP) is 1.89. The van der Waals surface area contributed by atoms with Crippen LogP contribution in [-0.2, 0) is 20.6 Å². The maximum Gasteiger partial charge on any atom is 0.332 e. The fourth-order valence-corrected chi connectivity index (χ4v) is 4.73. The molecule has 0 N–H and O–H groups in total. The highest BCUT2D eigenvalue weighted by atomic mass is 19.1. The Balaban J connectivity index is 1.52. The molecule has 5 rings (SSSR count). The minimum atomic E-state index is -0.540. The number of hydrogen-bond donors (Lipinski definition) is 0. The molecule has 4 aromatic rings. The Kier molecular flexibility index (Phi) is 5.95. The number of halogens is 1. The van der Waals surface area contributed by atoms with Gasteiger partial charge in [0.15, 0.2) is 11.2 Å². The van der Waals surface area contributed by atoms with Gasteiger partial charge in [-0.15, -0.1) is 0 Å². The number of benzene rings is 2. The number of carbonyl (C=O) groups excluding carboxylic acids is 1. The van der Waals surface area contributed by atoms with Crippen molar-refractivity contribution in [1.29, 1.82) is 0 Å². The lowest BCUT2D eigenvalue weighted by Gasteiger charge is -2.35. The molecule has 0 spiro atoms. The van der Waals surface area contributed by atoms with E-state index in [-0.39, 0.29) is 11.5 Å². The van der Waals surface area contributed by atoms with Gasteiger partial charge in [0.2, 0.25) is 5.95 Å². The average Bonchev–Trinajstić information content (AvgIpc) is 3.25. The molecule has 36 heavy (non-hydrogen) atoms. The van der Waals surface area contributed by atoms with Gasteiger partial charge in [0.05, 0.1) is 12.1 Å². The van der Waals surface area contributed by atoms with Crippen LogP contribution in [0.3, 0.4) is 0 Å². The summed E-state index contributed by atoms with van der Waals surface area (Å²) < 4.78 is 18.5. The number of aryl methyl sites for hydroxylation is 2. The zero-order valence-corrected chi connectivity index (χ0v) is 20.4. The van der Waals surface area contributed by atoms with Crippen molar-refractivity contribution in [2.75, 3.05) is 31.1 Å². The molecule has 2 aromatic carbocycles. The SMILES string of the molecule is Cc1cccc(Cn2c(N3CCN(C(=O)c4ccccc4F)CC3)nc3c2c(=O)n(C)c(=O)n3C)c1. The molecule has 1 fully saturated rings. The molecule has 1 amide bonds. The van der Waals surface area contributed by atoms with Crippen LogP contribution >= 0.6 is 0 Å². The lowest BCUT2D eigenvalue weighted by atomic mass is 10.1. The largest absolute Gasteiger partial charge is 0.339 e. The summed E-state index contributed by atoms with van der Waals surface area (Å²) in [4.78, 5) is 47.0. The first-order valence-electron chi connectivity index (χ1n) is 11.8. The van der Waals surface area contributed by atoms with Crippen molar-refractivity contribution in [2.45, 2.75) is 13.5 Å². The average molecular weight is 491 g/mol. The minimum absolute atomic E-state index is 0.0520. The first kappa shape index (κ1) is 23.5. The zero-order chi connectivity index (χ0) is 25.6. The number of nitrogens with zero attached hydrogens (tertiary/aromatic N) is 6. The van der Waals surface area contributed by atoms with Crippen LogP contribution in [0.25, 0.3) is 11.2 Å². The Labute approximate surface area is 206 Å². The molecule has 9 nitrogen and oxygen atoms in total. The van der Waals surface area contributed by atoms with E-state index in [0.29, 0.717) is 49.8 Å². The van der Waals surface area contributed by atoms with Crippen LogP contribution in [-0.4, -0.2) is 55.7 Å². The zero-order valence-electron chi connectivity index (χ0n) is 20.4. The van der Waals surface area contributed by atoms with Gasteiger partial charge in [-0.1, -0.05) is 42.0 Å². The van der Waals surface area contributed by atoms with Crippen LogP contribution in [0.1, 0.15) is 21.5 Å². The Morgan fingerprint density at radius 2 is 1.69 bits per heavy atom. The molecule has 2 aromatic heterocycles. The molecule has 0 aliphatic carbocycles. The van der Waals surface area contributed by atoms with Crippen LogP contribution < -0.4 is 16.1 Å². The molecule has 0 radical (unpaired) electrons. The minimum Gasteiger partial charge on any atom is -0.339 e. The standard InChI is InChI=1S/C26H27FN6O3/c1-17-7-6-8-18(15-17)16-33-21-22(29(2)26(36)30(3)24(21)35)28-25(33)32-13-11-31(12-14-32)23(34)19-9-4-5-10-20(19)27/h4-10,15H,11-14,16H2,1-3H3. The lowest BCUT2D eigenvalue weighted by Crippen LogP contribution is -2.49. The van der Waals surface area contributed by atoms with E-state index < -0.39 is 17.1 Å². The second kappa shape index (κ2) is 9.10. The van der Waals surface area contributed by atoms with Crippen molar-refractivity contribution in [2.24, 2.45) is 14.1 Å². The number of fused-ring (bicyclic) bond motifs is 1. The number of imidazole rings is 1. The van der Waals surface area contributed by atoms with E-state index in [4.69, 9.17) is 4.98 Å². The quantitative estimate of drug-likeness (QED) is 0.436. The van der Waals surface area contributed by atoms with E-state index in [0.717, 1.165) is 15.7 Å². The second-order valence-electron chi connectivity index (χ2n) is 9.12. The van der Waals surface area contributed by atoms with E-state index >= 15 is 0 Å². The van der Waals surface area contributed by atoms with Crippen LogP contribution in [0.15, 0.2) is 58.1 Å². The fourth-order valence-electron chi connectivity index (χ4n) is 4.73. The molecule has 0 atom stereocenters. The fraction of sp³-hybridized carbons (Fsp3) is 0.308. The van der Waals surface area contributed by atoms with Crippen molar-refractivity contribution < 1.29 is 9.18 Å². The lowest BCUT2D eigenvalue weighted by molar-refractivity contribution is 0.0741. The van der Waals surface area contributed by atoms with E-state index in [9.17, 15) is 18.8 Å².